The number of hydrogen-bond acceptors (Lipinski definition) is 2. The first-order chi connectivity index (χ1) is 13.0. The Labute approximate surface area is 159 Å². The molecule has 0 N–H and O–H groups in total. The lowest BCUT2D eigenvalue weighted by molar-refractivity contribution is -0.140. The summed E-state index contributed by atoms with van der Waals surface area (Å²) in [6, 6.07) is 11.0. The molecule has 2 aromatic rings. The molecule has 0 saturated heterocycles. The van der Waals surface area contributed by atoms with Crippen molar-refractivity contribution in [3.8, 4) is 5.75 Å². The van der Waals surface area contributed by atoms with E-state index in [0.717, 1.165) is 43.2 Å². The van der Waals surface area contributed by atoms with Gasteiger partial charge >= 0.3 is 5.97 Å². The molecule has 0 aromatic heterocycles. The second kappa shape index (κ2) is 9.12. The van der Waals surface area contributed by atoms with Gasteiger partial charge in [-0.1, -0.05) is 31.5 Å². The molecular weight excluding hydrogens is 346 g/mol. The lowest BCUT2D eigenvalue weighted by Crippen LogP contribution is -2.25. The summed E-state index contributed by atoms with van der Waals surface area (Å²) in [5.41, 5.74) is 1.81. The van der Waals surface area contributed by atoms with Crippen LogP contribution in [-0.2, 0) is 17.6 Å². The van der Waals surface area contributed by atoms with Crippen LogP contribution >= 0.6 is 0 Å². The van der Waals surface area contributed by atoms with Gasteiger partial charge in [-0.2, -0.15) is 0 Å². The minimum Gasteiger partial charge on any atom is -0.423 e. The van der Waals surface area contributed by atoms with Crippen molar-refractivity contribution in [2.24, 2.45) is 11.8 Å². The van der Waals surface area contributed by atoms with Crippen LogP contribution in [0.5, 0.6) is 5.75 Å². The van der Waals surface area contributed by atoms with Crippen molar-refractivity contribution in [3.63, 3.8) is 0 Å². The second-order valence-electron chi connectivity index (χ2n) is 7.44. The van der Waals surface area contributed by atoms with Gasteiger partial charge in [-0.3, -0.25) is 4.79 Å². The van der Waals surface area contributed by atoms with Gasteiger partial charge in [0.1, 0.15) is 5.82 Å². The maximum absolute atomic E-state index is 14.3. The molecule has 144 valence electrons. The van der Waals surface area contributed by atoms with Crippen molar-refractivity contribution >= 4 is 5.97 Å². The first-order valence-corrected chi connectivity index (χ1v) is 9.79. The van der Waals surface area contributed by atoms with Crippen molar-refractivity contribution in [2.75, 3.05) is 0 Å². The van der Waals surface area contributed by atoms with Gasteiger partial charge in [0.05, 0.1) is 5.92 Å². The Morgan fingerprint density at radius 3 is 2.22 bits per heavy atom. The van der Waals surface area contributed by atoms with E-state index in [2.05, 4.69) is 6.92 Å². The van der Waals surface area contributed by atoms with E-state index < -0.39 is 5.82 Å². The standard InChI is InChI=1S/C23H26F2O2/c1-2-16-5-10-19(11-6-16)23(26)27-22-14-9-18(15-21(22)25)4-3-17-7-12-20(24)13-8-17/h7-9,12-16,19H,2-6,10-11H2,1H3/t16-,19-. The Bertz CT molecular complexity index is 762. The lowest BCUT2D eigenvalue weighted by Gasteiger charge is -2.26. The first-order valence-electron chi connectivity index (χ1n) is 9.79. The predicted octanol–water partition coefficient (Wildman–Crippen LogP) is 5.87. The highest BCUT2D eigenvalue weighted by molar-refractivity contribution is 5.75. The molecular formula is C23H26F2O2. The fourth-order valence-corrected chi connectivity index (χ4v) is 3.72. The monoisotopic (exact) mass is 372 g/mol. The zero-order valence-electron chi connectivity index (χ0n) is 15.7. The van der Waals surface area contributed by atoms with E-state index in [0.29, 0.717) is 18.8 Å². The summed E-state index contributed by atoms with van der Waals surface area (Å²) < 4.78 is 32.6. The highest BCUT2D eigenvalue weighted by Crippen LogP contribution is 2.32. The Hall–Kier alpha value is -2.23. The van der Waals surface area contributed by atoms with Crippen LogP contribution < -0.4 is 4.74 Å². The van der Waals surface area contributed by atoms with Crippen LogP contribution in [0.3, 0.4) is 0 Å². The molecule has 0 aliphatic heterocycles. The summed E-state index contributed by atoms with van der Waals surface area (Å²) in [5, 5.41) is 0. The number of carbonyl (C=O) groups is 1. The number of carbonyl (C=O) groups excluding carboxylic acids is 1. The fraction of sp³-hybridized carbons (Fsp3) is 0.435. The molecule has 1 aliphatic carbocycles. The van der Waals surface area contributed by atoms with Gasteiger partial charge < -0.3 is 4.74 Å². The van der Waals surface area contributed by atoms with E-state index in [1.54, 1.807) is 18.2 Å². The van der Waals surface area contributed by atoms with Gasteiger partial charge in [-0.25, -0.2) is 8.78 Å². The van der Waals surface area contributed by atoms with Gasteiger partial charge in [-0.05, 0) is 79.8 Å². The molecule has 3 rings (SSSR count). The molecule has 0 radical (unpaired) electrons. The van der Waals surface area contributed by atoms with Crippen molar-refractivity contribution < 1.29 is 18.3 Å². The number of aryl methyl sites for hydroxylation is 2. The van der Waals surface area contributed by atoms with Gasteiger partial charge in [-0.15, -0.1) is 0 Å². The summed E-state index contributed by atoms with van der Waals surface area (Å²) in [6.07, 6.45) is 6.22. The maximum atomic E-state index is 14.3. The van der Waals surface area contributed by atoms with Crippen molar-refractivity contribution in [3.05, 3.63) is 65.2 Å². The molecule has 0 heterocycles. The zero-order chi connectivity index (χ0) is 19.2. The number of halogens is 2. The number of hydrogen-bond donors (Lipinski definition) is 0. The number of esters is 1. The molecule has 2 nitrogen and oxygen atoms in total. The highest BCUT2D eigenvalue weighted by Gasteiger charge is 2.27. The molecule has 1 fully saturated rings. The van der Waals surface area contributed by atoms with Crippen LogP contribution in [-0.4, -0.2) is 5.97 Å². The molecule has 27 heavy (non-hydrogen) atoms. The first kappa shape index (κ1) is 19.5. The predicted molar refractivity (Wildman–Crippen MR) is 102 cm³/mol. The van der Waals surface area contributed by atoms with Crippen LogP contribution in [0.25, 0.3) is 0 Å². The molecule has 1 aliphatic rings. The third-order valence-electron chi connectivity index (χ3n) is 5.58. The van der Waals surface area contributed by atoms with Gasteiger partial charge in [0.15, 0.2) is 11.6 Å². The van der Waals surface area contributed by atoms with Gasteiger partial charge in [0.2, 0.25) is 0 Å². The smallest absolute Gasteiger partial charge is 0.314 e. The molecule has 4 heteroatoms. The van der Waals surface area contributed by atoms with Crippen LogP contribution in [0.4, 0.5) is 8.78 Å². The topological polar surface area (TPSA) is 26.3 Å². The minimum atomic E-state index is -0.512. The Morgan fingerprint density at radius 2 is 1.59 bits per heavy atom. The average molecular weight is 372 g/mol. The summed E-state index contributed by atoms with van der Waals surface area (Å²) in [5.74, 6) is -0.511. The van der Waals surface area contributed by atoms with Gasteiger partial charge in [0, 0.05) is 0 Å². The van der Waals surface area contributed by atoms with Crippen LogP contribution in [0.2, 0.25) is 0 Å². The molecule has 2 aromatic carbocycles. The third kappa shape index (κ3) is 5.38. The van der Waals surface area contributed by atoms with Gasteiger partial charge in [0.25, 0.3) is 0 Å². The van der Waals surface area contributed by atoms with Crippen LogP contribution in [0.15, 0.2) is 42.5 Å². The molecule has 0 unspecified atom stereocenters. The summed E-state index contributed by atoms with van der Waals surface area (Å²) in [6.45, 7) is 2.18. The van der Waals surface area contributed by atoms with E-state index >= 15 is 0 Å². The normalized spacial score (nSPS) is 19.7. The fourth-order valence-electron chi connectivity index (χ4n) is 3.72. The van der Waals surface area contributed by atoms with E-state index in [1.807, 2.05) is 0 Å². The van der Waals surface area contributed by atoms with E-state index in [4.69, 9.17) is 4.74 Å². The van der Waals surface area contributed by atoms with Crippen molar-refractivity contribution in [2.45, 2.75) is 51.9 Å². The molecule has 0 atom stereocenters. The summed E-state index contributed by atoms with van der Waals surface area (Å²) >= 11 is 0. The highest BCUT2D eigenvalue weighted by atomic mass is 19.1. The van der Waals surface area contributed by atoms with E-state index in [1.165, 1.54) is 24.3 Å². The Morgan fingerprint density at radius 1 is 0.963 bits per heavy atom. The molecule has 0 bridgehead atoms. The Kier molecular flexibility index (Phi) is 6.59. The third-order valence-corrected chi connectivity index (χ3v) is 5.58. The quantitative estimate of drug-likeness (QED) is 0.468. The zero-order valence-corrected chi connectivity index (χ0v) is 15.7. The van der Waals surface area contributed by atoms with Crippen molar-refractivity contribution in [1.82, 2.24) is 0 Å². The van der Waals surface area contributed by atoms with E-state index in [9.17, 15) is 13.6 Å². The average Bonchev–Trinajstić information content (AvgIpc) is 2.69. The van der Waals surface area contributed by atoms with Crippen LogP contribution in [0.1, 0.15) is 50.2 Å². The summed E-state index contributed by atoms with van der Waals surface area (Å²) in [7, 11) is 0. The number of benzene rings is 2. The molecule has 0 amide bonds. The molecule has 0 spiro atoms. The second-order valence-corrected chi connectivity index (χ2v) is 7.44. The number of ether oxygens (including phenoxy) is 1. The Balaban J connectivity index is 1.54. The number of rotatable bonds is 6. The lowest BCUT2D eigenvalue weighted by atomic mass is 9.81. The van der Waals surface area contributed by atoms with E-state index in [-0.39, 0.29) is 23.5 Å². The molecule has 1 saturated carbocycles. The maximum Gasteiger partial charge on any atom is 0.314 e. The van der Waals surface area contributed by atoms with Crippen molar-refractivity contribution in [1.29, 1.82) is 0 Å². The minimum absolute atomic E-state index is 0.00291. The SMILES string of the molecule is CC[C@H]1CC[C@H](C(=O)Oc2ccc(CCc3ccc(F)cc3)cc2F)CC1. The summed E-state index contributed by atoms with van der Waals surface area (Å²) in [4.78, 5) is 12.3. The largest absolute Gasteiger partial charge is 0.423 e. The van der Waals surface area contributed by atoms with Crippen LogP contribution in [0, 0.1) is 23.5 Å².